The first-order valence-corrected chi connectivity index (χ1v) is 9.57. The first-order valence-electron chi connectivity index (χ1n) is 9.57. The van der Waals surface area contributed by atoms with Gasteiger partial charge in [0, 0.05) is 32.2 Å². The summed E-state index contributed by atoms with van der Waals surface area (Å²) in [6.07, 6.45) is 1.41. The van der Waals surface area contributed by atoms with E-state index in [1.54, 1.807) is 0 Å². The molecule has 5 heteroatoms. The van der Waals surface area contributed by atoms with Crippen LogP contribution in [0, 0.1) is 0 Å². The molecule has 0 spiro atoms. The quantitative estimate of drug-likeness (QED) is 0.589. The molecule has 1 aliphatic heterocycles. The molecule has 2 rings (SSSR count). The van der Waals surface area contributed by atoms with Crippen molar-refractivity contribution in [3.05, 3.63) is 35.4 Å². The van der Waals surface area contributed by atoms with Gasteiger partial charge in [-0.15, -0.1) is 0 Å². The third-order valence-electron chi connectivity index (χ3n) is 4.48. The minimum absolute atomic E-state index is 0.329. The van der Waals surface area contributed by atoms with Crippen LogP contribution < -0.4 is 10.6 Å². The van der Waals surface area contributed by atoms with Crippen molar-refractivity contribution in [1.29, 1.82) is 0 Å². The van der Waals surface area contributed by atoms with Crippen LogP contribution >= 0.6 is 0 Å². The molecule has 0 radical (unpaired) electrons. The van der Waals surface area contributed by atoms with E-state index in [1.165, 1.54) is 11.1 Å². The molecule has 2 atom stereocenters. The molecule has 0 amide bonds. The number of ether oxygens (including phenoxy) is 1. The van der Waals surface area contributed by atoms with E-state index in [-0.39, 0.29) is 0 Å². The maximum atomic E-state index is 5.62. The normalized spacial score (nSPS) is 20.3. The van der Waals surface area contributed by atoms with E-state index in [0.717, 1.165) is 45.2 Å². The molecule has 1 fully saturated rings. The number of hydrogen-bond acceptors (Lipinski definition) is 3. The molecular formula is C20H34N4O. The minimum atomic E-state index is 0.329. The highest BCUT2D eigenvalue weighted by Crippen LogP contribution is 2.12. The average molecular weight is 347 g/mol. The van der Waals surface area contributed by atoms with Crippen molar-refractivity contribution < 1.29 is 4.74 Å². The highest BCUT2D eigenvalue weighted by Gasteiger charge is 2.16. The summed E-state index contributed by atoms with van der Waals surface area (Å²) in [6, 6.07) is 9.19. The number of rotatable bonds is 7. The van der Waals surface area contributed by atoms with Gasteiger partial charge >= 0.3 is 0 Å². The number of aliphatic imine (C=N–C) groups is 1. The van der Waals surface area contributed by atoms with Crippen LogP contribution in [0.25, 0.3) is 0 Å². The summed E-state index contributed by atoms with van der Waals surface area (Å²) in [5, 5.41) is 6.76. The number of morpholine rings is 1. The van der Waals surface area contributed by atoms with Crippen LogP contribution in [0.5, 0.6) is 0 Å². The Morgan fingerprint density at radius 3 is 2.88 bits per heavy atom. The molecule has 1 heterocycles. The molecule has 0 saturated carbocycles. The van der Waals surface area contributed by atoms with Crippen LogP contribution in [-0.4, -0.2) is 49.2 Å². The SMILES string of the molecule is CCNC(=NCc1cccc(CN2CCOC(C)C2)c1)NC(C)CC. The number of nitrogens with zero attached hydrogens (tertiary/aromatic N) is 2. The van der Waals surface area contributed by atoms with Crippen LogP contribution in [0.4, 0.5) is 0 Å². The average Bonchev–Trinajstić information content (AvgIpc) is 2.60. The van der Waals surface area contributed by atoms with Gasteiger partial charge in [0.15, 0.2) is 5.96 Å². The van der Waals surface area contributed by atoms with Crippen LogP contribution in [-0.2, 0) is 17.8 Å². The zero-order chi connectivity index (χ0) is 18.1. The summed E-state index contributed by atoms with van der Waals surface area (Å²) in [5.74, 6) is 0.893. The molecule has 5 nitrogen and oxygen atoms in total. The Labute approximate surface area is 152 Å². The van der Waals surface area contributed by atoms with Crippen molar-refractivity contribution >= 4 is 5.96 Å². The summed E-state index contributed by atoms with van der Waals surface area (Å²) in [4.78, 5) is 7.20. The number of guanidine groups is 1. The van der Waals surface area contributed by atoms with Gasteiger partial charge in [-0.25, -0.2) is 4.99 Å². The van der Waals surface area contributed by atoms with Crippen LogP contribution in [0.15, 0.2) is 29.3 Å². The van der Waals surface area contributed by atoms with Gasteiger partial charge in [-0.3, -0.25) is 4.90 Å². The fourth-order valence-corrected chi connectivity index (χ4v) is 2.94. The van der Waals surface area contributed by atoms with Crippen LogP contribution in [0.2, 0.25) is 0 Å². The van der Waals surface area contributed by atoms with Gasteiger partial charge in [0.2, 0.25) is 0 Å². The Kier molecular flexibility index (Phi) is 8.22. The predicted octanol–water partition coefficient (Wildman–Crippen LogP) is 2.76. The fourth-order valence-electron chi connectivity index (χ4n) is 2.94. The zero-order valence-electron chi connectivity index (χ0n) is 16.2. The van der Waals surface area contributed by atoms with E-state index in [1.807, 2.05) is 0 Å². The second-order valence-electron chi connectivity index (χ2n) is 6.89. The van der Waals surface area contributed by atoms with Gasteiger partial charge < -0.3 is 15.4 Å². The van der Waals surface area contributed by atoms with Crippen molar-refractivity contribution in [3.8, 4) is 0 Å². The molecule has 0 bridgehead atoms. The van der Waals surface area contributed by atoms with Crippen molar-refractivity contribution in [1.82, 2.24) is 15.5 Å². The first-order chi connectivity index (χ1) is 12.1. The van der Waals surface area contributed by atoms with Gasteiger partial charge in [-0.1, -0.05) is 31.2 Å². The highest BCUT2D eigenvalue weighted by molar-refractivity contribution is 5.80. The van der Waals surface area contributed by atoms with E-state index in [2.05, 4.69) is 67.5 Å². The lowest BCUT2D eigenvalue weighted by Crippen LogP contribution is -2.41. The smallest absolute Gasteiger partial charge is 0.191 e. The summed E-state index contributed by atoms with van der Waals surface area (Å²) in [6.45, 7) is 14.0. The molecule has 2 unspecified atom stereocenters. The summed E-state index contributed by atoms with van der Waals surface area (Å²) >= 11 is 0. The topological polar surface area (TPSA) is 48.9 Å². The van der Waals surface area contributed by atoms with Crippen molar-refractivity contribution in [2.45, 2.75) is 59.4 Å². The summed E-state index contributed by atoms with van der Waals surface area (Å²) in [7, 11) is 0. The highest BCUT2D eigenvalue weighted by atomic mass is 16.5. The Morgan fingerprint density at radius 1 is 1.36 bits per heavy atom. The van der Waals surface area contributed by atoms with Crippen LogP contribution in [0.3, 0.4) is 0 Å². The summed E-state index contributed by atoms with van der Waals surface area (Å²) in [5.41, 5.74) is 2.60. The minimum Gasteiger partial charge on any atom is -0.376 e. The summed E-state index contributed by atoms with van der Waals surface area (Å²) < 4.78 is 5.62. The predicted molar refractivity (Wildman–Crippen MR) is 105 cm³/mol. The number of benzene rings is 1. The molecule has 1 saturated heterocycles. The van der Waals surface area contributed by atoms with Crippen molar-refractivity contribution in [3.63, 3.8) is 0 Å². The van der Waals surface area contributed by atoms with E-state index >= 15 is 0 Å². The lowest BCUT2D eigenvalue weighted by molar-refractivity contribution is -0.0212. The van der Waals surface area contributed by atoms with Crippen LogP contribution in [0.1, 0.15) is 45.2 Å². The standard InChI is InChI=1S/C20H34N4O/c1-5-16(3)23-20(21-6-2)22-13-18-8-7-9-19(12-18)15-24-10-11-25-17(4)14-24/h7-9,12,16-17H,5-6,10-11,13-15H2,1-4H3,(H2,21,22,23). The molecule has 1 aromatic rings. The van der Waals surface area contributed by atoms with E-state index in [0.29, 0.717) is 18.7 Å². The molecule has 0 aliphatic carbocycles. The lowest BCUT2D eigenvalue weighted by atomic mass is 10.1. The number of nitrogens with one attached hydrogen (secondary N) is 2. The Balaban J connectivity index is 1.96. The fraction of sp³-hybridized carbons (Fsp3) is 0.650. The van der Waals surface area contributed by atoms with Gasteiger partial charge in [-0.2, -0.15) is 0 Å². The molecule has 1 aromatic carbocycles. The molecule has 2 N–H and O–H groups in total. The Bertz CT molecular complexity index is 546. The third kappa shape index (κ3) is 7.04. The third-order valence-corrected chi connectivity index (χ3v) is 4.48. The zero-order valence-corrected chi connectivity index (χ0v) is 16.2. The lowest BCUT2D eigenvalue weighted by Gasteiger charge is -2.31. The van der Waals surface area contributed by atoms with Gasteiger partial charge in [0.1, 0.15) is 0 Å². The van der Waals surface area contributed by atoms with E-state index < -0.39 is 0 Å². The molecule has 1 aliphatic rings. The maximum Gasteiger partial charge on any atom is 0.191 e. The number of hydrogen-bond donors (Lipinski definition) is 2. The van der Waals surface area contributed by atoms with E-state index in [9.17, 15) is 0 Å². The Morgan fingerprint density at radius 2 is 2.16 bits per heavy atom. The monoisotopic (exact) mass is 346 g/mol. The second kappa shape index (κ2) is 10.4. The molecular weight excluding hydrogens is 312 g/mol. The van der Waals surface area contributed by atoms with Crippen molar-refractivity contribution in [2.75, 3.05) is 26.2 Å². The Hall–Kier alpha value is -1.59. The first kappa shape index (κ1) is 19.7. The van der Waals surface area contributed by atoms with Gasteiger partial charge in [0.05, 0.1) is 19.3 Å². The van der Waals surface area contributed by atoms with Crippen molar-refractivity contribution in [2.24, 2.45) is 4.99 Å². The maximum absolute atomic E-state index is 5.62. The van der Waals surface area contributed by atoms with Gasteiger partial charge in [0.25, 0.3) is 0 Å². The van der Waals surface area contributed by atoms with E-state index in [4.69, 9.17) is 9.73 Å². The molecule has 140 valence electrons. The molecule has 0 aromatic heterocycles. The second-order valence-corrected chi connectivity index (χ2v) is 6.89. The molecule has 25 heavy (non-hydrogen) atoms. The van der Waals surface area contributed by atoms with Gasteiger partial charge in [-0.05, 0) is 38.3 Å². The largest absolute Gasteiger partial charge is 0.376 e.